The Hall–Kier alpha value is -0.820. The molecular formula is C12H17N. The van der Waals surface area contributed by atoms with E-state index in [9.17, 15) is 0 Å². The molecule has 0 aromatic heterocycles. The smallest absolute Gasteiger partial charge is 0.0320 e. The molecule has 0 amide bonds. The van der Waals surface area contributed by atoms with E-state index in [-0.39, 0.29) is 0 Å². The van der Waals surface area contributed by atoms with Crippen LogP contribution in [0, 0.1) is 5.92 Å². The number of hydrogen-bond donors (Lipinski definition) is 1. The first-order valence-corrected chi connectivity index (χ1v) is 5.14. The summed E-state index contributed by atoms with van der Waals surface area (Å²) in [7, 11) is 0. The molecule has 1 saturated heterocycles. The molecule has 70 valence electrons. The van der Waals surface area contributed by atoms with Crippen molar-refractivity contribution in [3.8, 4) is 0 Å². The van der Waals surface area contributed by atoms with E-state index >= 15 is 0 Å². The summed E-state index contributed by atoms with van der Waals surface area (Å²) in [5.41, 5.74) is 1.44. The lowest BCUT2D eigenvalue weighted by Crippen LogP contribution is -2.31. The van der Waals surface area contributed by atoms with Crippen molar-refractivity contribution >= 4 is 0 Å². The summed E-state index contributed by atoms with van der Waals surface area (Å²) in [5, 5.41) is 3.59. The zero-order valence-electron chi connectivity index (χ0n) is 8.16. The summed E-state index contributed by atoms with van der Waals surface area (Å²) in [6.45, 7) is 3.48. The van der Waals surface area contributed by atoms with Crippen LogP contribution in [0.1, 0.15) is 31.4 Å². The third kappa shape index (κ3) is 2.10. The highest BCUT2D eigenvalue weighted by atomic mass is 14.9. The third-order valence-corrected chi connectivity index (χ3v) is 2.86. The molecule has 1 aromatic rings. The highest BCUT2D eigenvalue weighted by molar-refractivity contribution is 5.19. The Labute approximate surface area is 80.2 Å². The topological polar surface area (TPSA) is 12.0 Å². The summed E-state index contributed by atoms with van der Waals surface area (Å²) in [5.74, 6) is 0.847. The predicted octanol–water partition coefficient (Wildman–Crippen LogP) is 2.75. The molecule has 0 unspecified atom stereocenters. The molecule has 1 N–H and O–H groups in total. The maximum Gasteiger partial charge on any atom is 0.0320 e. The second-order valence-electron chi connectivity index (χ2n) is 4.05. The fourth-order valence-corrected chi connectivity index (χ4v) is 1.97. The first-order valence-electron chi connectivity index (χ1n) is 5.14. The fraction of sp³-hybridized carbons (Fsp3) is 0.500. The van der Waals surface area contributed by atoms with Crippen molar-refractivity contribution in [3.63, 3.8) is 0 Å². The van der Waals surface area contributed by atoms with Gasteiger partial charge in [-0.1, -0.05) is 37.3 Å². The highest BCUT2D eigenvalue weighted by Gasteiger charge is 2.17. The lowest BCUT2D eigenvalue weighted by atomic mass is 9.92. The molecule has 13 heavy (non-hydrogen) atoms. The van der Waals surface area contributed by atoms with Gasteiger partial charge in [0.2, 0.25) is 0 Å². The molecular weight excluding hydrogens is 158 g/mol. The zero-order valence-corrected chi connectivity index (χ0v) is 8.16. The SMILES string of the molecule is C[C@@H]1CC[C@H](c2ccccc2)NC1. The summed E-state index contributed by atoms with van der Waals surface area (Å²) >= 11 is 0. The third-order valence-electron chi connectivity index (χ3n) is 2.86. The minimum Gasteiger partial charge on any atom is -0.310 e. The number of benzene rings is 1. The zero-order chi connectivity index (χ0) is 9.10. The van der Waals surface area contributed by atoms with Gasteiger partial charge in [-0.15, -0.1) is 0 Å². The summed E-state index contributed by atoms with van der Waals surface area (Å²) in [6.07, 6.45) is 2.64. The van der Waals surface area contributed by atoms with Gasteiger partial charge < -0.3 is 5.32 Å². The molecule has 1 fully saturated rings. The standard InChI is InChI=1S/C12H17N/c1-10-7-8-12(13-9-10)11-5-3-2-4-6-11/h2-6,10,12-13H,7-9H2,1H3/t10-,12-/m1/s1. The Morgan fingerprint density at radius 1 is 1.15 bits per heavy atom. The van der Waals surface area contributed by atoms with Crippen molar-refractivity contribution in [2.45, 2.75) is 25.8 Å². The van der Waals surface area contributed by atoms with Gasteiger partial charge in [0, 0.05) is 6.04 Å². The Morgan fingerprint density at radius 2 is 1.92 bits per heavy atom. The van der Waals surface area contributed by atoms with E-state index in [0.717, 1.165) is 5.92 Å². The van der Waals surface area contributed by atoms with E-state index in [1.54, 1.807) is 0 Å². The van der Waals surface area contributed by atoms with Gasteiger partial charge in [-0.3, -0.25) is 0 Å². The van der Waals surface area contributed by atoms with Crippen molar-refractivity contribution in [2.24, 2.45) is 5.92 Å². The van der Waals surface area contributed by atoms with Crippen LogP contribution in [0.5, 0.6) is 0 Å². The van der Waals surface area contributed by atoms with Gasteiger partial charge in [0.1, 0.15) is 0 Å². The molecule has 0 bridgehead atoms. The molecule has 2 atom stereocenters. The van der Waals surface area contributed by atoms with Gasteiger partial charge in [0.25, 0.3) is 0 Å². The highest BCUT2D eigenvalue weighted by Crippen LogP contribution is 2.24. The van der Waals surface area contributed by atoms with E-state index in [2.05, 4.69) is 42.6 Å². The van der Waals surface area contributed by atoms with Crippen molar-refractivity contribution in [1.29, 1.82) is 0 Å². The van der Waals surface area contributed by atoms with E-state index in [4.69, 9.17) is 0 Å². The van der Waals surface area contributed by atoms with Crippen molar-refractivity contribution in [3.05, 3.63) is 35.9 Å². The first-order chi connectivity index (χ1) is 6.36. The minimum atomic E-state index is 0.595. The van der Waals surface area contributed by atoms with Crippen LogP contribution in [0.3, 0.4) is 0 Å². The fourth-order valence-electron chi connectivity index (χ4n) is 1.97. The lowest BCUT2D eigenvalue weighted by molar-refractivity contribution is 0.333. The molecule has 1 aliphatic heterocycles. The van der Waals surface area contributed by atoms with E-state index in [0.29, 0.717) is 6.04 Å². The second kappa shape index (κ2) is 3.93. The van der Waals surface area contributed by atoms with Crippen LogP contribution < -0.4 is 5.32 Å². The van der Waals surface area contributed by atoms with Crippen LogP contribution in [-0.2, 0) is 0 Å². The minimum absolute atomic E-state index is 0.595. The van der Waals surface area contributed by atoms with Crippen LogP contribution in [0.15, 0.2) is 30.3 Å². The van der Waals surface area contributed by atoms with Crippen LogP contribution in [0.4, 0.5) is 0 Å². The Balaban J connectivity index is 2.03. The normalized spacial score (nSPS) is 28.7. The average molecular weight is 175 g/mol. The molecule has 0 spiro atoms. The van der Waals surface area contributed by atoms with Crippen LogP contribution in [0.25, 0.3) is 0 Å². The van der Waals surface area contributed by atoms with Gasteiger partial charge in [0.05, 0.1) is 0 Å². The molecule has 0 saturated carbocycles. The van der Waals surface area contributed by atoms with Crippen molar-refractivity contribution in [2.75, 3.05) is 6.54 Å². The van der Waals surface area contributed by atoms with Crippen molar-refractivity contribution < 1.29 is 0 Å². The quantitative estimate of drug-likeness (QED) is 0.692. The Bertz CT molecular complexity index is 247. The largest absolute Gasteiger partial charge is 0.310 e. The van der Waals surface area contributed by atoms with Gasteiger partial charge in [-0.2, -0.15) is 0 Å². The van der Waals surface area contributed by atoms with Gasteiger partial charge in [-0.05, 0) is 30.9 Å². The monoisotopic (exact) mass is 175 g/mol. The molecule has 0 aliphatic carbocycles. The average Bonchev–Trinajstić information content (AvgIpc) is 2.20. The molecule has 1 nitrogen and oxygen atoms in total. The number of nitrogens with one attached hydrogen (secondary N) is 1. The maximum atomic E-state index is 3.59. The van der Waals surface area contributed by atoms with Crippen LogP contribution in [0.2, 0.25) is 0 Å². The van der Waals surface area contributed by atoms with Gasteiger partial charge in [0.15, 0.2) is 0 Å². The van der Waals surface area contributed by atoms with Crippen LogP contribution >= 0.6 is 0 Å². The van der Waals surface area contributed by atoms with Gasteiger partial charge >= 0.3 is 0 Å². The molecule has 1 heteroatoms. The Kier molecular flexibility index (Phi) is 2.65. The summed E-state index contributed by atoms with van der Waals surface area (Å²) in [4.78, 5) is 0. The number of hydrogen-bond acceptors (Lipinski definition) is 1. The predicted molar refractivity (Wildman–Crippen MR) is 55.6 cm³/mol. The lowest BCUT2D eigenvalue weighted by Gasteiger charge is -2.28. The first kappa shape index (κ1) is 8.76. The van der Waals surface area contributed by atoms with E-state index in [1.165, 1.54) is 24.9 Å². The maximum absolute atomic E-state index is 3.59. The number of rotatable bonds is 1. The van der Waals surface area contributed by atoms with Gasteiger partial charge in [-0.25, -0.2) is 0 Å². The van der Waals surface area contributed by atoms with E-state index < -0.39 is 0 Å². The molecule has 2 rings (SSSR count). The summed E-state index contributed by atoms with van der Waals surface area (Å²) < 4.78 is 0. The molecule has 1 aromatic carbocycles. The molecule has 0 radical (unpaired) electrons. The van der Waals surface area contributed by atoms with E-state index in [1.807, 2.05) is 0 Å². The molecule has 1 heterocycles. The summed E-state index contributed by atoms with van der Waals surface area (Å²) in [6, 6.07) is 11.3. The Morgan fingerprint density at radius 3 is 2.54 bits per heavy atom. The number of piperidine rings is 1. The molecule has 1 aliphatic rings. The second-order valence-corrected chi connectivity index (χ2v) is 4.05. The van der Waals surface area contributed by atoms with Crippen molar-refractivity contribution in [1.82, 2.24) is 5.32 Å². The van der Waals surface area contributed by atoms with Crippen LogP contribution in [-0.4, -0.2) is 6.54 Å².